The molecule has 1 aromatic carbocycles. The van der Waals surface area contributed by atoms with E-state index in [1.807, 2.05) is 0 Å². The van der Waals surface area contributed by atoms with Gasteiger partial charge in [0.2, 0.25) is 5.91 Å². The maximum absolute atomic E-state index is 12.6. The fourth-order valence-corrected chi connectivity index (χ4v) is 2.00. The fraction of sp³-hybridized carbons (Fsp3) is 0.429. The molecule has 0 radical (unpaired) electrons. The van der Waals surface area contributed by atoms with E-state index in [0.29, 0.717) is 6.42 Å². The summed E-state index contributed by atoms with van der Waals surface area (Å²) < 4.78 is 42.5. The summed E-state index contributed by atoms with van der Waals surface area (Å²) in [6.07, 6.45) is -4.10. The Morgan fingerprint density at radius 2 is 2.05 bits per heavy atom. The Labute approximate surface area is 119 Å². The molecular formula is C14H14F3NO3. The van der Waals surface area contributed by atoms with Crippen molar-refractivity contribution in [3.8, 4) is 0 Å². The first kappa shape index (κ1) is 15.3. The van der Waals surface area contributed by atoms with Gasteiger partial charge < -0.3 is 10.1 Å². The second-order valence-corrected chi connectivity index (χ2v) is 4.77. The predicted octanol–water partition coefficient (Wildman–Crippen LogP) is 2.84. The van der Waals surface area contributed by atoms with Crippen LogP contribution in [0.5, 0.6) is 0 Å². The first-order valence-electron chi connectivity index (χ1n) is 6.47. The van der Waals surface area contributed by atoms with Gasteiger partial charge in [-0.2, -0.15) is 13.2 Å². The Hall–Kier alpha value is -2.05. The Morgan fingerprint density at radius 3 is 2.67 bits per heavy atom. The normalized spacial score (nSPS) is 20.8. The summed E-state index contributed by atoms with van der Waals surface area (Å²) >= 11 is 0. The number of rotatable bonds is 4. The molecule has 0 aliphatic heterocycles. The van der Waals surface area contributed by atoms with Crippen molar-refractivity contribution < 1.29 is 27.5 Å². The van der Waals surface area contributed by atoms with Gasteiger partial charge in [0.25, 0.3) is 0 Å². The number of anilines is 1. The molecule has 114 valence electrons. The van der Waals surface area contributed by atoms with E-state index in [4.69, 9.17) is 4.74 Å². The molecule has 0 unspecified atom stereocenters. The molecule has 2 rings (SSSR count). The van der Waals surface area contributed by atoms with Gasteiger partial charge in [0.1, 0.15) is 0 Å². The minimum Gasteiger partial charge on any atom is -0.466 e. The van der Waals surface area contributed by atoms with Crippen molar-refractivity contribution in [2.24, 2.45) is 11.8 Å². The number of ether oxygens (including phenoxy) is 1. The number of carbonyl (C=O) groups excluding carboxylic acids is 2. The van der Waals surface area contributed by atoms with Gasteiger partial charge in [-0.15, -0.1) is 0 Å². The van der Waals surface area contributed by atoms with E-state index in [0.717, 1.165) is 12.1 Å². The van der Waals surface area contributed by atoms with Gasteiger partial charge in [0.15, 0.2) is 0 Å². The third kappa shape index (κ3) is 3.74. The van der Waals surface area contributed by atoms with Gasteiger partial charge in [0.05, 0.1) is 24.0 Å². The number of hydrogen-bond acceptors (Lipinski definition) is 3. The number of amides is 1. The molecule has 1 aliphatic carbocycles. The molecule has 0 spiro atoms. The van der Waals surface area contributed by atoms with Crippen molar-refractivity contribution in [3.63, 3.8) is 0 Å². The molecular weight excluding hydrogens is 287 g/mol. The van der Waals surface area contributed by atoms with Crippen LogP contribution in [0, 0.1) is 11.8 Å². The van der Waals surface area contributed by atoms with Crippen LogP contribution in [0.15, 0.2) is 24.3 Å². The van der Waals surface area contributed by atoms with Crippen LogP contribution in [0.3, 0.4) is 0 Å². The van der Waals surface area contributed by atoms with E-state index in [2.05, 4.69) is 5.32 Å². The van der Waals surface area contributed by atoms with Crippen molar-refractivity contribution >= 4 is 17.6 Å². The van der Waals surface area contributed by atoms with Crippen molar-refractivity contribution in [2.45, 2.75) is 19.5 Å². The maximum atomic E-state index is 12.6. The number of alkyl halides is 3. The molecule has 1 fully saturated rings. The summed E-state index contributed by atoms with van der Waals surface area (Å²) in [5.41, 5.74) is -0.776. The highest BCUT2D eigenvalue weighted by Gasteiger charge is 2.49. The third-order valence-corrected chi connectivity index (χ3v) is 3.17. The molecule has 1 aliphatic rings. The predicted molar refractivity (Wildman–Crippen MR) is 68.3 cm³/mol. The van der Waals surface area contributed by atoms with Crippen molar-refractivity contribution in [1.82, 2.24) is 0 Å². The Kier molecular flexibility index (Phi) is 4.20. The fourth-order valence-electron chi connectivity index (χ4n) is 2.00. The lowest BCUT2D eigenvalue weighted by molar-refractivity contribution is -0.145. The summed E-state index contributed by atoms with van der Waals surface area (Å²) in [5, 5.41) is 2.40. The number of benzene rings is 1. The topological polar surface area (TPSA) is 55.4 Å². The van der Waals surface area contributed by atoms with Gasteiger partial charge in [-0.25, -0.2) is 0 Å². The largest absolute Gasteiger partial charge is 0.466 e. The van der Waals surface area contributed by atoms with Crippen molar-refractivity contribution in [3.05, 3.63) is 29.8 Å². The molecule has 1 saturated carbocycles. The molecule has 4 nitrogen and oxygen atoms in total. The lowest BCUT2D eigenvalue weighted by Crippen LogP contribution is -2.18. The number of esters is 1. The summed E-state index contributed by atoms with van der Waals surface area (Å²) in [7, 11) is 0. The van der Waals surface area contributed by atoms with Gasteiger partial charge in [-0.05, 0) is 31.5 Å². The van der Waals surface area contributed by atoms with E-state index in [1.165, 1.54) is 12.1 Å². The average molecular weight is 301 g/mol. The van der Waals surface area contributed by atoms with E-state index in [-0.39, 0.29) is 12.3 Å². The average Bonchev–Trinajstić information content (AvgIpc) is 3.18. The highest BCUT2D eigenvalue weighted by Crippen LogP contribution is 2.40. The zero-order valence-electron chi connectivity index (χ0n) is 11.2. The van der Waals surface area contributed by atoms with Gasteiger partial charge in [-0.3, -0.25) is 9.59 Å². The third-order valence-electron chi connectivity index (χ3n) is 3.17. The highest BCUT2D eigenvalue weighted by molar-refractivity contribution is 5.98. The monoisotopic (exact) mass is 301 g/mol. The number of carbonyl (C=O) groups is 2. The molecule has 21 heavy (non-hydrogen) atoms. The maximum Gasteiger partial charge on any atom is 0.416 e. The standard InChI is InChI=1S/C14H14F3NO3/c1-2-21-13(20)11-7-10(11)12(19)18-9-5-3-4-8(6-9)14(15,16)17/h3-6,10-11H,2,7H2,1H3,(H,18,19)/t10-,11-/m1/s1. The van der Waals surface area contributed by atoms with Gasteiger partial charge in [0, 0.05) is 5.69 Å². The second-order valence-electron chi connectivity index (χ2n) is 4.77. The molecule has 0 bridgehead atoms. The van der Waals surface area contributed by atoms with E-state index >= 15 is 0 Å². The minimum atomic E-state index is -4.46. The highest BCUT2D eigenvalue weighted by atomic mass is 19.4. The second kappa shape index (κ2) is 5.75. The molecule has 0 aromatic heterocycles. The lowest BCUT2D eigenvalue weighted by Gasteiger charge is -2.09. The van der Waals surface area contributed by atoms with Crippen LogP contribution >= 0.6 is 0 Å². The summed E-state index contributed by atoms with van der Waals surface area (Å²) in [6, 6.07) is 4.37. The van der Waals surface area contributed by atoms with Gasteiger partial charge >= 0.3 is 12.1 Å². The van der Waals surface area contributed by atoms with Crippen molar-refractivity contribution in [1.29, 1.82) is 0 Å². The number of nitrogens with one attached hydrogen (secondary N) is 1. The van der Waals surface area contributed by atoms with Crippen LogP contribution in [-0.2, 0) is 20.5 Å². The van der Waals surface area contributed by atoms with E-state index in [1.54, 1.807) is 6.92 Å². The SMILES string of the molecule is CCOC(=O)[C@@H]1C[C@H]1C(=O)Nc1cccc(C(F)(F)F)c1. The lowest BCUT2D eigenvalue weighted by atomic mass is 10.2. The molecule has 0 saturated heterocycles. The van der Waals surface area contributed by atoms with Crippen LogP contribution in [0.4, 0.5) is 18.9 Å². The Bertz CT molecular complexity index is 557. The number of halogens is 3. The van der Waals surface area contributed by atoms with Crippen LogP contribution in [-0.4, -0.2) is 18.5 Å². The first-order chi connectivity index (χ1) is 9.82. The molecule has 1 N–H and O–H groups in total. The van der Waals surface area contributed by atoms with Crippen LogP contribution in [0.25, 0.3) is 0 Å². The van der Waals surface area contributed by atoms with Crippen molar-refractivity contribution in [2.75, 3.05) is 11.9 Å². The molecule has 2 atom stereocenters. The zero-order chi connectivity index (χ0) is 15.6. The van der Waals surface area contributed by atoms with Crippen LogP contribution in [0.1, 0.15) is 18.9 Å². The van der Waals surface area contributed by atoms with Crippen LogP contribution < -0.4 is 5.32 Å². The van der Waals surface area contributed by atoms with E-state index in [9.17, 15) is 22.8 Å². The minimum absolute atomic E-state index is 0.0596. The Morgan fingerprint density at radius 1 is 1.33 bits per heavy atom. The molecule has 0 heterocycles. The smallest absolute Gasteiger partial charge is 0.416 e. The summed E-state index contributed by atoms with van der Waals surface area (Å²) in [5.74, 6) is -1.93. The number of hydrogen-bond donors (Lipinski definition) is 1. The van der Waals surface area contributed by atoms with E-state index < -0.39 is 35.5 Å². The molecule has 1 amide bonds. The zero-order valence-corrected chi connectivity index (χ0v) is 11.2. The molecule has 1 aromatic rings. The summed E-state index contributed by atoms with van der Waals surface area (Å²) in [4.78, 5) is 23.3. The Balaban J connectivity index is 1.97. The summed E-state index contributed by atoms with van der Waals surface area (Å²) in [6.45, 7) is 1.90. The first-order valence-corrected chi connectivity index (χ1v) is 6.47. The quantitative estimate of drug-likeness (QED) is 0.870. The molecule has 7 heteroatoms. The van der Waals surface area contributed by atoms with Crippen LogP contribution in [0.2, 0.25) is 0 Å². The van der Waals surface area contributed by atoms with Gasteiger partial charge in [-0.1, -0.05) is 6.07 Å².